The maximum absolute atomic E-state index is 14.1. The van der Waals surface area contributed by atoms with E-state index in [-0.39, 0.29) is 24.2 Å². The highest BCUT2D eigenvalue weighted by Crippen LogP contribution is 2.36. The highest BCUT2D eigenvalue weighted by molar-refractivity contribution is 6.05. The van der Waals surface area contributed by atoms with Gasteiger partial charge in [-0.15, -0.1) is 0 Å². The van der Waals surface area contributed by atoms with Gasteiger partial charge in [-0.1, -0.05) is 0 Å². The number of halogens is 1. The normalized spacial score (nSPS) is 24.4. The summed E-state index contributed by atoms with van der Waals surface area (Å²) in [5.74, 6) is -1.27. The van der Waals surface area contributed by atoms with Crippen molar-refractivity contribution in [3.05, 3.63) is 34.6 Å². The summed E-state index contributed by atoms with van der Waals surface area (Å²) in [7, 11) is 0. The predicted octanol–water partition coefficient (Wildman–Crippen LogP) is 1.05. The first-order valence-corrected chi connectivity index (χ1v) is 8.72. The van der Waals surface area contributed by atoms with E-state index in [1.807, 2.05) is 0 Å². The number of rotatable bonds is 2. The van der Waals surface area contributed by atoms with Gasteiger partial charge in [0.05, 0.1) is 0 Å². The summed E-state index contributed by atoms with van der Waals surface area (Å²) < 4.78 is 14.1. The van der Waals surface area contributed by atoms with E-state index in [2.05, 4.69) is 10.6 Å². The van der Waals surface area contributed by atoms with Crippen molar-refractivity contribution < 1.29 is 18.8 Å². The van der Waals surface area contributed by atoms with Gasteiger partial charge in [-0.25, -0.2) is 4.39 Å². The number of nitrogens with zero attached hydrogens (tertiary/aromatic N) is 1. The lowest BCUT2D eigenvalue weighted by Gasteiger charge is -2.29. The zero-order valence-corrected chi connectivity index (χ0v) is 13.8. The third-order valence-corrected chi connectivity index (χ3v) is 5.43. The van der Waals surface area contributed by atoms with Crippen molar-refractivity contribution in [2.75, 3.05) is 13.1 Å². The highest BCUT2D eigenvalue weighted by atomic mass is 19.1. The van der Waals surface area contributed by atoms with E-state index >= 15 is 0 Å². The fraction of sp³-hybridized carbons (Fsp3) is 0.500. The number of benzene rings is 1. The molecule has 4 rings (SSSR count). The van der Waals surface area contributed by atoms with Crippen LogP contribution in [-0.4, -0.2) is 41.8 Å². The maximum atomic E-state index is 14.1. The van der Waals surface area contributed by atoms with Crippen LogP contribution in [0.1, 0.15) is 53.1 Å². The largest absolute Gasteiger partial charge is 0.322 e. The molecule has 1 aromatic carbocycles. The quantitative estimate of drug-likeness (QED) is 0.786. The van der Waals surface area contributed by atoms with Crippen LogP contribution >= 0.6 is 0 Å². The number of hydrogen-bond acceptors (Lipinski definition) is 4. The summed E-state index contributed by atoms with van der Waals surface area (Å²) in [6, 6.07) is 2.14. The van der Waals surface area contributed by atoms with Crippen LogP contribution in [0.5, 0.6) is 0 Å². The fourth-order valence-corrected chi connectivity index (χ4v) is 4.15. The second-order valence-corrected chi connectivity index (χ2v) is 6.95. The zero-order chi connectivity index (χ0) is 17.6. The van der Waals surface area contributed by atoms with E-state index in [1.54, 1.807) is 0 Å². The summed E-state index contributed by atoms with van der Waals surface area (Å²) in [5, 5.41) is 5.58. The van der Waals surface area contributed by atoms with Crippen molar-refractivity contribution in [3.8, 4) is 0 Å². The molecule has 3 aliphatic rings. The van der Waals surface area contributed by atoms with Crippen molar-refractivity contribution in [2.45, 2.75) is 44.2 Å². The molecule has 0 spiro atoms. The Morgan fingerprint density at radius 3 is 2.56 bits per heavy atom. The second-order valence-electron chi connectivity index (χ2n) is 6.95. The lowest BCUT2D eigenvalue weighted by atomic mass is 9.86. The van der Waals surface area contributed by atoms with Crippen molar-refractivity contribution in [1.82, 2.24) is 15.5 Å². The van der Waals surface area contributed by atoms with Gasteiger partial charge in [-0.2, -0.15) is 0 Å². The molecule has 3 heterocycles. The van der Waals surface area contributed by atoms with Crippen molar-refractivity contribution >= 4 is 17.7 Å². The summed E-state index contributed by atoms with van der Waals surface area (Å²) in [4.78, 5) is 37.8. The van der Waals surface area contributed by atoms with Gasteiger partial charge in [0.25, 0.3) is 5.91 Å². The minimum atomic E-state index is -0.665. The molecule has 0 saturated carbocycles. The Labute approximate surface area is 144 Å². The van der Waals surface area contributed by atoms with Gasteiger partial charge in [0, 0.05) is 18.5 Å². The molecule has 3 amide bonds. The lowest BCUT2D eigenvalue weighted by molar-refractivity contribution is -0.136. The second kappa shape index (κ2) is 6.22. The molecule has 1 atom stereocenters. The Hall–Kier alpha value is -2.28. The number of hydrogen-bond donors (Lipinski definition) is 2. The number of carbonyl (C=O) groups is 3. The van der Waals surface area contributed by atoms with Crippen LogP contribution in [0.25, 0.3) is 0 Å². The summed E-state index contributed by atoms with van der Waals surface area (Å²) in [5.41, 5.74) is 2.08. The Morgan fingerprint density at radius 1 is 1.08 bits per heavy atom. The molecule has 132 valence electrons. The Morgan fingerprint density at radius 2 is 1.84 bits per heavy atom. The van der Waals surface area contributed by atoms with Crippen molar-refractivity contribution in [1.29, 1.82) is 0 Å². The number of nitrogens with one attached hydrogen (secondary N) is 2. The van der Waals surface area contributed by atoms with Crippen LogP contribution in [0, 0.1) is 5.82 Å². The highest BCUT2D eigenvalue weighted by Gasteiger charge is 2.40. The van der Waals surface area contributed by atoms with Gasteiger partial charge in [0.2, 0.25) is 11.8 Å². The molecule has 0 radical (unpaired) electrons. The van der Waals surface area contributed by atoms with Gasteiger partial charge < -0.3 is 10.2 Å². The molecular formula is C18H20FN3O3. The van der Waals surface area contributed by atoms with Crippen LogP contribution in [0.3, 0.4) is 0 Å². The topological polar surface area (TPSA) is 78.5 Å². The fourth-order valence-electron chi connectivity index (χ4n) is 4.15. The first kappa shape index (κ1) is 16.2. The smallest absolute Gasteiger partial charge is 0.255 e. The van der Waals surface area contributed by atoms with Gasteiger partial charge in [-0.05, 0) is 61.5 Å². The molecule has 1 aromatic rings. The molecule has 6 nitrogen and oxygen atoms in total. The van der Waals surface area contributed by atoms with Crippen molar-refractivity contribution in [2.24, 2.45) is 0 Å². The summed E-state index contributed by atoms with van der Waals surface area (Å²) >= 11 is 0. The van der Waals surface area contributed by atoms with Crippen LogP contribution in [0.2, 0.25) is 0 Å². The molecule has 0 aromatic heterocycles. The number of piperidine rings is 2. The number of carbonyl (C=O) groups excluding carboxylic acids is 3. The van der Waals surface area contributed by atoms with Crippen LogP contribution in [0.15, 0.2) is 12.1 Å². The first-order chi connectivity index (χ1) is 12.0. The predicted molar refractivity (Wildman–Crippen MR) is 87.3 cm³/mol. The lowest BCUT2D eigenvalue weighted by Crippen LogP contribution is -2.52. The van der Waals surface area contributed by atoms with Crippen LogP contribution in [-0.2, 0) is 16.1 Å². The number of fused-ring (bicyclic) bond motifs is 1. The molecule has 1 unspecified atom stereocenters. The Balaban J connectivity index is 1.66. The minimum Gasteiger partial charge on any atom is -0.322 e. The minimum absolute atomic E-state index is 0.214. The molecule has 2 saturated heterocycles. The van der Waals surface area contributed by atoms with E-state index in [0.29, 0.717) is 18.5 Å². The molecular weight excluding hydrogens is 325 g/mol. The summed E-state index contributed by atoms with van der Waals surface area (Å²) in [6.07, 6.45) is 2.34. The van der Waals surface area contributed by atoms with Gasteiger partial charge in [0.1, 0.15) is 11.9 Å². The number of amides is 3. The third kappa shape index (κ3) is 2.82. The molecule has 3 aliphatic heterocycles. The SMILES string of the molecule is O=C1CCC(N2Cc3c(cc(F)cc3C3CCNCC3)C2=O)C(=O)N1. The monoisotopic (exact) mass is 345 g/mol. The zero-order valence-electron chi connectivity index (χ0n) is 13.8. The molecule has 2 fully saturated rings. The molecule has 7 heteroatoms. The number of imide groups is 1. The first-order valence-electron chi connectivity index (χ1n) is 8.72. The third-order valence-electron chi connectivity index (χ3n) is 5.43. The van der Waals surface area contributed by atoms with Gasteiger partial charge in [0.15, 0.2) is 0 Å². The molecule has 2 N–H and O–H groups in total. The van der Waals surface area contributed by atoms with Crippen LogP contribution in [0.4, 0.5) is 4.39 Å². The average molecular weight is 345 g/mol. The maximum Gasteiger partial charge on any atom is 0.255 e. The van der Waals surface area contributed by atoms with E-state index in [0.717, 1.165) is 37.1 Å². The van der Waals surface area contributed by atoms with Gasteiger partial charge >= 0.3 is 0 Å². The molecule has 0 bridgehead atoms. The van der Waals surface area contributed by atoms with E-state index in [1.165, 1.54) is 17.0 Å². The van der Waals surface area contributed by atoms with Crippen LogP contribution < -0.4 is 10.6 Å². The van der Waals surface area contributed by atoms with E-state index < -0.39 is 17.8 Å². The average Bonchev–Trinajstić information content (AvgIpc) is 2.92. The van der Waals surface area contributed by atoms with E-state index in [9.17, 15) is 18.8 Å². The Kier molecular flexibility index (Phi) is 4.03. The van der Waals surface area contributed by atoms with E-state index in [4.69, 9.17) is 0 Å². The standard InChI is InChI=1S/C18H20FN3O3/c19-11-7-12(10-3-5-20-6-4-10)14-9-22(18(25)13(14)8-11)15-1-2-16(23)21-17(15)24/h7-8,10,15,20H,1-6,9H2,(H,21,23,24). The van der Waals surface area contributed by atoms with Gasteiger partial charge in [-0.3, -0.25) is 19.7 Å². The molecule has 0 aliphatic carbocycles. The summed E-state index contributed by atoms with van der Waals surface area (Å²) in [6.45, 7) is 2.06. The molecule has 25 heavy (non-hydrogen) atoms. The van der Waals surface area contributed by atoms with Crippen molar-refractivity contribution in [3.63, 3.8) is 0 Å². The Bertz CT molecular complexity index is 758.